The summed E-state index contributed by atoms with van der Waals surface area (Å²) in [7, 11) is 0. The molecule has 108 valence electrons. The van der Waals surface area contributed by atoms with E-state index in [-0.39, 0.29) is 11.9 Å². The molecule has 0 saturated heterocycles. The summed E-state index contributed by atoms with van der Waals surface area (Å²) in [6, 6.07) is 7.52. The van der Waals surface area contributed by atoms with Gasteiger partial charge in [-0.05, 0) is 26.8 Å². The zero-order valence-corrected chi connectivity index (χ0v) is 12.9. The second kappa shape index (κ2) is 5.29. The molecule has 6 heteroatoms. The van der Waals surface area contributed by atoms with Crippen molar-refractivity contribution in [3.05, 3.63) is 45.5 Å². The number of aromatic nitrogens is 3. The topological polar surface area (TPSA) is 70.7 Å². The standard InChI is InChI=1S/C15H16N4OS/c1-8-14(21-10(3)16-8)9(2)17-15(20)13-11-6-4-5-7-12(11)18-19-13/h4-7,9H,1-3H3,(H,17,20)(H,18,19). The molecule has 21 heavy (non-hydrogen) atoms. The Hall–Kier alpha value is -2.21. The third kappa shape index (κ3) is 2.54. The van der Waals surface area contributed by atoms with Gasteiger partial charge in [-0.3, -0.25) is 9.89 Å². The van der Waals surface area contributed by atoms with E-state index in [0.29, 0.717) is 5.69 Å². The number of carbonyl (C=O) groups excluding carboxylic acids is 1. The maximum Gasteiger partial charge on any atom is 0.272 e. The SMILES string of the molecule is Cc1nc(C)c(C(C)NC(=O)c2n[nH]c3ccccc23)s1. The Labute approximate surface area is 126 Å². The number of thiazole rings is 1. The number of hydrogen-bond donors (Lipinski definition) is 2. The van der Waals surface area contributed by atoms with Gasteiger partial charge in [-0.25, -0.2) is 4.98 Å². The Morgan fingerprint density at radius 3 is 2.81 bits per heavy atom. The first-order valence-corrected chi connectivity index (χ1v) is 7.56. The number of aromatic amines is 1. The number of nitrogens with one attached hydrogen (secondary N) is 2. The fraction of sp³-hybridized carbons (Fsp3) is 0.267. The van der Waals surface area contributed by atoms with Crippen LogP contribution in [0, 0.1) is 13.8 Å². The Balaban J connectivity index is 1.84. The van der Waals surface area contributed by atoms with E-state index in [2.05, 4.69) is 20.5 Å². The van der Waals surface area contributed by atoms with Crippen molar-refractivity contribution in [2.24, 2.45) is 0 Å². The van der Waals surface area contributed by atoms with Crippen LogP contribution in [-0.4, -0.2) is 21.1 Å². The van der Waals surface area contributed by atoms with Crippen LogP contribution in [0.4, 0.5) is 0 Å². The van der Waals surface area contributed by atoms with E-state index in [1.807, 2.05) is 45.0 Å². The highest BCUT2D eigenvalue weighted by Crippen LogP contribution is 2.25. The van der Waals surface area contributed by atoms with Gasteiger partial charge in [-0.1, -0.05) is 18.2 Å². The zero-order valence-electron chi connectivity index (χ0n) is 12.1. The second-order valence-corrected chi connectivity index (χ2v) is 6.23. The minimum atomic E-state index is -0.176. The summed E-state index contributed by atoms with van der Waals surface area (Å²) in [5.74, 6) is -0.176. The number of carbonyl (C=O) groups is 1. The molecule has 1 atom stereocenters. The predicted octanol–water partition coefficient (Wildman–Crippen LogP) is 3.13. The molecule has 2 N–H and O–H groups in total. The number of nitrogens with zero attached hydrogens (tertiary/aromatic N) is 2. The highest BCUT2D eigenvalue weighted by atomic mass is 32.1. The van der Waals surface area contributed by atoms with Gasteiger partial charge in [0.1, 0.15) is 0 Å². The number of para-hydroxylation sites is 1. The molecular weight excluding hydrogens is 284 g/mol. The molecule has 0 aliphatic heterocycles. The summed E-state index contributed by atoms with van der Waals surface area (Å²) in [6.07, 6.45) is 0. The van der Waals surface area contributed by atoms with Crippen molar-refractivity contribution in [2.75, 3.05) is 0 Å². The lowest BCUT2D eigenvalue weighted by Crippen LogP contribution is -2.27. The number of fused-ring (bicyclic) bond motifs is 1. The molecule has 1 aromatic carbocycles. The molecule has 0 aliphatic carbocycles. The molecule has 2 aromatic heterocycles. The van der Waals surface area contributed by atoms with Gasteiger partial charge in [-0.15, -0.1) is 11.3 Å². The van der Waals surface area contributed by atoms with Crippen LogP contribution in [0.3, 0.4) is 0 Å². The lowest BCUT2D eigenvalue weighted by atomic mass is 10.2. The largest absolute Gasteiger partial charge is 0.343 e. The second-order valence-electron chi connectivity index (χ2n) is 5.00. The lowest BCUT2D eigenvalue weighted by molar-refractivity contribution is 0.0937. The summed E-state index contributed by atoms with van der Waals surface area (Å²) in [5, 5.41) is 11.8. The van der Waals surface area contributed by atoms with Gasteiger partial charge in [0.15, 0.2) is 5.69 Å². The lowest BCUT2D eigenvalue weighted by Gasteiger charge is -2.11. The van der Waals surface area contributed by atoms with Gasteiger partial charge >= 0.3 is 0 Å². The number of rotatable bonds is 3. The summed E-state index contributed by atoms with van der Waals surface area (Å²) in [4.78, 5) is 17.9. The molecule has 0 bridgehead atoms. The molecule has 2 heterocycles. The van der Waals surface area contributed by atoms with Crippen LogP contribution in [-0.2, 0) is 0 Å². The average molecular weight is 300 g/mol. The molecule has 0 spiro atoms. The first-order chi connectivity index (χ1) is 10.1. The average Bonchev–Trinajstić information content (AvgIpc) is 3.01. The number of hydrogen-bond acceptors (Lipinski definition) is 4. The highest BCUT2D eigenvalue weighted by molar-refractivity contribution is 7.11. The van der Waals surface area contributed by atoms with Crippen molar-refractivity contribution in [3.63, 3.8) is 0 Å². The van der Waals surface area contributed by atoms with Crippen molar-refractivity contribution in [1.29, 1.82) is 0 Å². The molecule has 0 aliphatic rings. The van der Waals surface area contributed by atoms with E-state index in [9.17, 15) is 4.79 Å². The summed E-state index contributed by atoms with van der Waals surface area (Å²) in [5.41, 5.74) is 2.26. The van der Waals surface area contributed by atoms with E-state index >= 15 is 0 Å². The zero-order chi connectivity index (χ0) is 15.0. The molecular formula is C15H16N4OS. The van der Waals surface area contributed by atoms with Crippen molar-refractivity contribution < 1.29 is 4.79 Å². The minimum absolute atomic E-state index is 0.0841. The number of amides is 1. The van der Waals surface area contributed by atoms with E-state index in [4.69, 9.17) is 0 Å². The molecule has 0 saturated carbocycles. The first-order valence-electron chi connectivity index (χ1n) is 6.74. The van der Waals surface area contributed by atoms with Crippen LogP contribution >= 0.6 is 11.3 Å². The maximum absolute atomic E-state index is 12.4. The summed E-state index contributed by atoms with van der Waals surface area (Å²) >= 11 is 1.61. The highest BCUT2D eigenvalue weighted by Gasteiger charge is 2.19. The third-order valence-electron chi connectivity index (χ3n) is 3.37. The van der Waals surface area contributed by atoms with Crippen LogP contribution in [0.25, 0.3) is 10.9 Å². The van der Waals surface area contributed by atoms with E-state index in [0.717, 1.165) is 26.5 Å². The molecule has 0 radical (unpaired) electrons. The summed E-state index contributed by atoms with van der Waals surface area (Å²) < 4.78 is 0. The molecule has 1 unspecified atom stereocenters. The van der Waals surface area contributed by atoms with Crippen LogP contribution in [0.2, 0.25) is 0 Å². The van der Waals surface area contributed by atoms with Gasteiger partial charge in [0.05, 0.1) is 22.3 Å². The molecule has 0 fully saturated rings. The van der Waals surface area contributed by atoms with E-state index in [1.165, 1.54) is 0 Å². The van der Waals surface area contributed by atoms with Crippen molar-refractivity contribution >= 4 is 28.1 Å². The number of H-pyrrole nitrogens is 1. The van der Waals surface area contributed by atoms with Gasteiger partial charge in [0.25, 0.3) is 5.91 Å². The van der Waals surface area contributed by atoms with Crippen LogP contribution in [0.5, 0.6) is 0 Å². The maximum atomic E-state index is 12.4. The quantitative estimate of drug-likeness (QED) is 0.780. The van der Waals surface area contributed by atoms with Crippen molar-refractivity contribution in [1.82, 2.24) is 20.5 Å². The van der Waals surface area contributed by atoms with Crippen molar-refractivity contribution in [3.8, 4) is 0 Å². The van der Waals surface area contributed by atoms with Gasteiger partial charge in [-0.2, -0.15) is 5.10 Å². The monoisotopic (exact) mass is 300 g/mol. The Morgan fingerprint density at radius 1 is 1.33 bits per heavy atom. The van der Waals surface area contributed by atoms with Crippen molar-refractivity contribution in [2.45, 2.75) is 26.8 Å². The van der Waals surface area contributed by atoms with Crippen LogP contribution in [0.1, 0.15) is 39.0 Å². The molecule has 1 amide bonds. The van der Waals surface area contributed by atoms with E-state index < -0.39 is 0 Å². The fourth-order valence-electron chi connectivity index (χ4n) is 2.42. The smallest absolute Gasteiger partial charge is 0.272 e. The predicted molar refractivity (Wildman–Crippen MR) is 83.6 cm³/mol. The summed E-state index contributed by atoms with van der Waals surface area (Å²) in [6.45, 7) is 5.90. The normalized spacial score (nSPS) is 12.5. The molecule has 3 rings (SSSR count). The first kappa shape index (κ1) is 13.8. The van der Waals surface area contributed by atoms with E-state index in [1.54, 1.807) is 11.3 Å². The van der Waals surface area contributed by atoms with Crippen LogP contribution in [0.15, 0.2) is 24.3 Å². The Kier molecular flexibility index (Phi) is 3.47. The number of benzene rings is 1. The third-order valence-corrected chi connectivity index (χ3v) is 4.62. The molecule has 5 nitrogen and oxygen atoms in total. The minimum Gasteiger partial charge on any atom is -0.343 e. The molecule has 3 aromatic rings. The van der Waals surface area contributed by atoms with Gasteiger partial charge < -0.3 is 5.32 Å². The van der Waals surface area contributed by atoms with Gasteiger partial charge in [0, 0.05) is 10.3 Å². The van der Waals surface area contributed by atoms with Gasteiger partial charge in [0.2, 0.25) is 0 Å². The Bertz CT molecular complexity index is 805. The van der Waals surface area contributed by atoms with Crippen LogP contribution < -0.4 is 5.32 Å². The Morgan fingerprint density at radius 2 is 2.10 bits per heavy atom. The number of aryl methyl sites for hydroxylation is 2. The fourth-order valence-corrected chi connectivity index (χ4v) is 3.35.